The van der Waals surface area contributed by atoms with Gasteiger partial charge in [-0.2, -0.15) is 0 Å². The van der Waals surface area contributed by atoms with Gasteiger partial charge in [0.2, 0.25) is 0 Å². The first-order chi connectivity index (χ1) is 10.1. The highest BCUT2D eigenvalue weighted by molar-refractivity contribution is 7.10. The van der Waals surface area contributed by atoms with Crippen LogP contribution in [0.4, 0.5) is 0 Å². The lowest BCUT2D eigenvalue weighted by atomic mass is 10.1. The molecule has 0 aliphatic rings. The molecule has 0 saturated heterocycles. The Hall–Kier alpha value is -1.16. The van der Waals surface area contributed by atoms with Gasteiger partial charge in [0.15, 0.2) is 0 Å². The molecule has 0 aliphatic heterocycles. The summed E-state index contributed by atoms with van der Waals surface area (Å²) >= 11 is 1.80. The average Bonchev–Trinajstić information content (AvgIpc) is 2.84. The molecule has 0 fully saturated rings. The largest absolute Gasteiger partial charge is 0.392 e. The lowest BCUT2D eigenvalue weighted by molar-refractivity contribution is 0.118. The van der Waals surface area contributed by atoms with Crippen LogP contribution in [-0.4, -0.2) is 22.7 Å². The van der Waals surface area contributed by atoms with Crippen molar-refractivity contribution < 1.29 is 5.11 Å². The van der Waals surface area contributed by atoms with E-state index in [4.69, 9.17) is 0 Å². The number of benzene rings is 1. The molecule has 1 N–H and O–H groups in total. The van der Waals surface area contributed by atoms with Gasteiger partial charge in [0.1, 0.15) is 0 Å². The van der Waals surface area contributed by atoms with Gasteiger partial charge in [-0.15, -0.1) is 11.3 Å². The minimum absolute atomic E-state index is 0.305. The smallest absolute Gasteiger partial charge is 0.0639 e. The summed E-state index contributed by atoms with van der Waals surface area (Å²) in [7, 11) is 0. The Morgan fingerprint density at radius 1 is 1.10 bits per heavy atom. The van der Waals surface area contributed by atoms with Crippen molar-refractivity contribution in [3.05, 3.63) is 57.3 Å². The fraction of sp³-hybridized carbons (Fsp3) is 0.444. The number of aliphatic hydroxyl groups excluding tert-OH is 1. The van der Waals surface area contributed by atoms with Gasteiger partial charge in [0.25, 0.3) is 0 Å². The molecule has 0 bridgehead atoms. The van der Waals surface area contributed by atoms with Gasteiger partial charge in [0.05, 0.1) is 6.10 Å². The molecule has 1 aromatic heterocycles. The van der Waals surface area contributed by atoms with E-state index in [0.29, 0.717) is 6.54 Å². The zero-order valence-electron chi connectivity index (χ0n) is 13.2. The van der Waals surface area contributed by atoms with E-state index in [0.717, 1.165) is 19.5 Å². The van der Waals surface area contributed by atoms with Crippen LogP contribution in [0, 0.1) is 6.92 Å². The Morgan fingerprint density at radius 2 is 1.76 bits per heavy atom. The summed E-state index contributed by atoms with van der Waals surface area (Å²) in [4.78, 5) is 3.71. The van der Waals surface area contributed by atoms with Crippen molar-refractivity contribution in [2.45, 2.75) is 46.4 Å². The predicted molar refractivity (Wildman–Crippen MR) is 90.7 cm³/mol. The predicted octanol–water partition coefficient (Wildman–Crippen LogP) is 4.00. The van der Waals surface area contributed by atoms with E-state index in [2.05, 4.69) is 54.5 Å². The molecule has 0 spiro atoms. The fourth-order valence-corrected chi connectivity index (χ4v) is 3.41. The molecule has 114 valence electrons. The number of nitrogens with zero attached hydrogens (tertiary/aromatic N) is 1. The number of aliphatic hydroxyl groups is 1. The summed E-state index contributed by atoms with van der Waals surface area (Å²) < 4.78 is 0. The van der Waals surface area contributed by atoms with Crippen molar-refractivity contribution in [1.82, 2.24) is 4.90 Å². The van der Waals surface area contributed by atoms with Crippen LogP contribution in [0.3, 0.4) is 0 Å². The zero-order chi connectivity index (χ0) is 15.2. The molecule has 2 aromatic rings. The normalized spacial score (nSPS) is 12.8. The first kappa shape index (κ1) is 16.2. The first-order valence-electron chi connectivity index (χ1n) is 7.59. The highest BCUT2D eigenvalue weighted by Gasteiger charge is 2.12. The Bertz CT molecular complexity index is 545. The molecule has 3 heteroatoms. The highest BCUT2D eigenvalue weighted by Crippen LogP contribution is 2.19. The third-order valence-electron chi connectivity index (χ3n) is 3.70. The molecule has 0 radical (unpaired) electrons. The number of aryl methyl sites for hydroxylation is 2. The van der Waals surface area contributed by atoms with Crippen molar-refractivity contribution in [3.8, 4) is 0 Å². The van der Waals surface area contributed by atoms with Gasteiger partial charge in [-0.1, -0.05) is 31.2 Å². The Balaban J connectivity index is 2.06. The fourth-order valence-electron chi connectivity index (χ4n) is 2.47. The minimum atomic E-state index is -0.305. The third-order valence-corrected chi connectivity index (χ3v) is 4.70. The minimum Gasteiger partial charge on any atom is -0.392 e. The van der Waals surface area contributed by atoms with Crippen molar-refractivity contribution in [1.29, 1.82) is 0 Å². The van der Waals surface area contributed by atoms with Crippen molar-refractivity contribution >= 4 is 11.3 Å². The van der Waals surface area contributed by atoms with E-state index in [-0.39, 0.29) is 6.10 Å². The molecule has 2 rings (SSSR count). The summed E-state index contributed by atoms with van der Waals surface area (Å²) in [5.41, 5.74) is 4.02. The lowest BCUT2D eigenvalue weighted by Crippen LogP contribution is -2.30. The quantitative estimate of drug-likeness (QED) is 0.835. The second kappa shape index (κ2) is 7.74. The van der Waals surface area contributed by atoms with Crippen molar-refractivity contribution in [3.63, 3.8) is 0 Å². The SMILES string of the molecule is CCc1ccc(CN(Cc2sccc2C)CC(C)O)cc1. The van der Waals surface area contributed by atoms with Crippen molar-refractivity contribution in [2.24, 2.45) is 0 Å². The van der Waals surface area contributed by atoms with Gasteiger partial charge in [-0.25, -0.2) is 0 Å². The maximum atomic E-state index is 9.74. The number of hydrogen-bond acceptors (Lipinski definition) is 3. The highest BCUT2D eigenvalue weighted by atomic mass is 32.1. The average molecular weight is 303 g/mol. The third kappa shape index (κ3) is 4.95. The summed E-state index contributed by atoms with van der Waals surface area (Å²) in [5.74, 6) is 0. The van der Waals surface area contributed by atoms with Gasteiger partial charge in [-0.05, 0) is 48.4 Å². The lowest BCUT2D eigenvalue weighted by Gasteiger charge is -2.23. The van der Waals surface area contributed by atoms with Gasteiger partial charge >= 0.3 is 0 Å². The van der Waals surface area contributed by atoms with Crippen LogP contribution in [0.5, 0.6) is 0 Å². The van der Waals surface area contributed by atoms with Gasteiger partial charge in [0, 0.05) is 24.5 Å². The van der Waals surface area contributed by atoms with E-state index in [1.807, 2.05) is 6.92 Å². The molecule has 21 heavy (non-hydrogen) atoms. The molecule has 2 nitrogen and oxygen atoms in total. The topological polar surface area (TPSA) is 23.5 Å². The number of thiophene rings is 1. The monoisotopic (exact) mass is 303 g/mol. The van der Waals surface area contributed by atoms with Crippen LogP contribution in [-0.2, 0) is 19.5 Å². The van der Waals surface area contributed by atoms with E-state index in [1.165, 1.54) is 21.6 Å². The van der Waals surface area contributed by atoms with Gasteiger partial charge in [-0.3, -0.25) is 4.90 Å². The standard InChI is InChI=1S/C18H25NOS/c1-4-16-5-7-17(8-6-16)12-19(11-15(3)20)13-18-14(2)9-10-21-18/h5-10,15,20H,4,11-13H2,1-3H3. The van der Waals surface area contributed by atoms with E-state index in [1.54, 1.807) is 11.3 Å². The summed E-state index contributed by atoms with van der Waals surface area (Å²) in [6.07, 6.45) is 0.770. The molecule has 1 unspecified atom stereocenters. The van der Waals surface area contributed by atoms with Crippen LogP contribution >= 0.6 is 11.3 Å². The van der Waals surface area contributed by atoms with Crippen LogP contribution in [0.2, 0.25) is 0 Å². The van der Waals surface area contributed by atoms with Crippen LogP contribution in [0.15, 0.2) is 35.7 Å². The van der Waals surface area contributed by atoms with Crippen LogP contribution in [0.25, 0.3) is 0 Å². The molecule has 0 amide bonds. The molecular weight excluding hydrogens is 278 g/mol. The zero-order valence-corrected chi connectivity index (χ0v) is 14.0. The van der Waals surface area contributed by atoms with Crippen LogP contribution < -0.4 is 0 Å². The number of rotatable bonds is 7. The van der Waals surface area contributed by atoms with Crippen molar-refractivity contribution in [2.75, 3.05) is 6.54 Å². The Labute approximate surface area is 132 Å². The molecule has 1 aromatic carbocycles. The Morgan fingerprint density at radius 3 is 2.29 bits per heavy atom. The van der Waals surface area contributed by atoms with E-state index >= 15 is 0 Å². The van der Waals surface area contributed by atoms with Crippen LogP contribution in [0.1, 0.15) is 35.4 Å². The molecule has 0 aliphatic carbocycles. The van der Waals surface area contributed by atoms with E-state index in [9.17, 15) is 5.11 Å². The molecule has 1 atom stereocenters. The summed E-state index contributed by atoms with van der Waals surface area (Å²) in [6, 6.07) is 11.0. The number of hydrogen-bond donors (Lipinski definition) is 1. The second-order valence-electron chi connectivity index (χ2n) is 5.72. The summed E-state index contributed by atoms with van der Waals surface area (Å²) in [6.45, 7) is 8.67. The maximum absolute atomic E-state index is 9.74. The molecule has 1 heterocycles. The second-order valence-corrected chi connectivity index (χ2v) is 6.72. The molecular formula is C18H25NOS. The van der Waals surface area contributed by atoms with E-state index < -0.39 is 0 Å². The first-order valence-corrected chi connectivity index (χ1v) is 8.47. The Kier molecular flexibility index (Phi) is 5.97. The summed E-state index contributed by atoms with van der Waals surface area (Å²) in [5, 5.41) is 11.9. The molecule has 0 saturated carbocycles. The van der Waals surface area contributed by atoms with Gasteiger partial charge < -0.3 is 5.11 Å². The maximum Gasteiger partial charge on any atom is 0.0639 e.